The molecule has 3 aromatic carbocycles. The van der Waals surface area contributed by atoms with Gasteiger partial charge in [0.25, 0.3) is 0 Å². The molecule has 0 bridgehead atoms. The molecule has 1 aliphatic rings. The lowest BCUT2D eigenvalue weighted by Crippen LogP contribution is -2.48. The van der Waals surface area contributed by atoms with Crippen molar-refractivity contribution in [2.24, 2.45) is 0 Å². The zero-order valence-corrected chi connectivity index (χ0v) is 16.3. The molecule has 4 heteroatoms. The van der Waals surface area contributed by atoms with Gasteiger partial charge in [0.2, 0.25) is 5.91 Å². The van der Waals surface area contributed by atoms with E-state index in [1.807, 2.05) is 29.2 Å². The summed E-state index contributed by atoms with van der Waals surface area (Å²) in [5.74, 6) is 0.989. The van der Waals surface area contributed by atoms with Crippen molar-refractivity contribution < 1.29 is 9.53 Å². The predicted octanol–water partition coefficient (Wildman–Crippen LogP) is 3.74. The van der Waals surface area contributed by atoms with E-state index in [0.717, 1.165) is 44.0 Å². The third kappa shape index (κ3) is 4.18. The molecule has 0 aromatic heterocycles. The van der Waals surface area contributed by atoms with Gasteiger partial charge in [-0.05, 0) is 34.0 Å². The molecule has 1 saturated heterocycles. The standard InChI is InChI=1S/C24H26N2O2/c1-28-22-10-4-6-19(16-22)17-24(27)26-14-12-25(13-15-26)18-21-9-5-8-20-7-2-3-11-23(20)21/h2-11,16H,12-15,17-18H2,1H3. The minimum atomic E-state index is 0.193. The molecule has 0 spiro atoms. The normalized spacial score (nSPS) is 15.0. The Hall–Kier alpha value is -2.85. The first kappa shape index (κ1) is 18.5. The third-order valence-corrected chi connectivity index (χ3v) is 5.49. The van der Waals surface area contributed by atoms with Crippen LogP contribution in [0.25, 0.3) is 10.8 Å². The van der Waals surface area contributed by atoms with Gasteiger partial charge in [-0.15, -0.1) is 0 Å². The number of methoxy groups -OCH3 is 1. The number of fused-ring (bicyclic) bond motifs is 1. The molecule has 3 aromatic rings. The zero-order valence-electron chi connectivity index (χ0n) is 16.3. The Morgan fingerprint density at radius 2 is 1.68 bits per heavy atom. The number of nitrogens with zero attached hydrogens (tertiary/aromatic N) is 2. The number of carbonyl (C=O) groups is 1. The lowest BCUT2D eigenvalue weighted by atomic mass is 10.0. The van der Waals surface area contributed by atoms with Gasteiger partial charge in [0.15, 0.2) is 0 Å². The van der Waals surface area contributed by atoms with Gasteiger partial charge in [-0.3, -0.25) is 9.69 Å². The highest BCUT2D eigenvalue weighted by Crippen LogP contribution is 2.21. The molecule has 28 heavy (non-hydrogen) atoms. The number of ether oxygens (including phenoxy) is 1. The molecule has 1 heterocycles. The van der Waals surface area contributed by atoms with Crippen molar-refractivity contribution in [3.63, 3.8) is 0 Å². The van der Waals surface area contributed by atoms with Gasteiger partial charge in [0, 0.05) is 32.7 Å². The van der Waals surface area contributed by atoms with Crippen LogP contribution in [0.4, 0.5) is 0 Å². The highest BCUT2D eigenvalue weighted by Gasteiger charge is 2.21. The Labute approximate surface area is 166 Å². The van der Waals surface area contributed by atoms with Gasteiger partial charge >= 0.3 is 0 Å². The van der Waals surface area contributed by atoms with Crippen LogP contribution >= 0.6 is 0 Å². The van der Waals surface area contributed by atoms with Gasteiger partial charge in [0.05, 0.1) is 13.5 Å². The maximum Gasteiger partial charge on any atom is 0.227 e. The lowest BCUT2D eigenvalue weighted by Gasteiger charge is -2.35. The molecule has 1 aliphatic heterocycles. The van der Waals surface area contributed by atoms with Crippen LogP contribution in [0.15, 0.2) is 66.7 Å². The first-order valence-electron chi connectivity index (χ1n) is 9.82. The summed E-state index contributed by atoms with van der Waals surface area (Å²) in [5.41, 5.74) is 2.36. The number of carbonyl (C=O) groups excluding carboxylic acids is 1. The molecule has 0 atom stereocenters. The summed E-state index contributed by atoms with van der Waals surface area (Å²) in [6.07, 6.45) is 0.431. The maximum absolute atomic E-state index is 12.7. The SMILES string of the molecule is COc1cccc(CC(=O)N2CCN(Cc3cccc4ccccc34)CC2)c1. The first-order chi connectivity index (χ1) is 13.7. The van der Waals surface area contributed by atoms with Crippen molar-refractivity contribution in [3.8, 4) is 5.75 Å². The molecule has 1 fully saturated rings. The fourth-order valence-electron chi connectivity index (χ4n) is 3.90. The summed E-state index contributed by atoms with van der Waals surface area (Å²) in [5, 5.41) is 2.61. The first-order valence-corrected chi connectivity index (χ1v) is 9.82. The zero-order chi connectivity index (χ0) is 19.3. The second kappa shape index (κ2) is 8.44. The molecular formula is C24H26N2O2. The monoisotopic (exact) mass is 374 g/mol. The average molecular weight is 374 g/mol. The van der Waals surface area contributed by atoms with Crippen molar-refractivity contribution >= 4 is 16.7 Å². The fraction of sp³-hybridized carbons (Fsp3) is 0.292. The summed E-state index contributed by atoms with van der Waals surface area (Å²) >= 11 is 0. The number of benzene rings is 3. The van der Waals surface area contributed by atoms with Crippen LogP contribution in [-0.2, 0) is 17.8 Å². The fourth-order valence-corrected chi connectivity index (χ4v) is 3.90. The van der Waals surface area contributed by atoms with Gasteiger partial charge in [-0.25, -0.2) is 0 Å². The number of hydrogen-bond donors (Lipinski definition) is 0. The van der Waals surface area contributed by atoms with Crippen LogP contribution < -0.4 is 4.74 Å². The third-order valence-electron chi connectivity index (χ3n) is 5.49. The van der Waals surface area contributed by atoms with Crippen molar-refractivity contribution in [1.29, 1.82) is 0 Å². The smallest absolute Gasteiger partial charge is 0.227 e. The topological polar surface area (TPSA) is 32.8 Å². The van der Waals surface area contributed by atoms with Gasteiger partial charge < -0.3 is 9.64 Å². The lowest BCUT2D eigenvalue weighted by molar-refractivity contribution is -0.132. The van der Waals surface area contributed by atoms with E-state index in [0.29, 0.717) is 6.42 Å². The summed E-state index contributed by atoms with van der Waals surface area (Å²) in [6.45, 7) is 4.32. The van der Waals surface area contributed by atoms with Crippen LogP contribution in [0.5, 0.6) is 5.75 Å². The van der Waals surface area contributed by atoms with Crippen LogP contribution in [0.2, 0.25) is 0 Å². The molecule has 0 radical (unpaired) electrons. The van der Waals surface area contributed by atoms with Gasteiger partial charge in [0.1, 0.15) is 5.75 Å². The van der Waals surface area contributed by atoms with Gasteiger partial charge in [-0.2, -0.15) is 0 Å². The predicted molar refractivity (Wildman–Crippen MR) is 113 cm³/mol. The summed E-state index contributed by atoms with van der Waals surface area (Å²) in [4.78, 5) is 17.1. The molecule has 0 N–H and O–H groups in total. The second-order valence-electron chi connectivity index (χ2n) is 7.32. The number of piperazine rings is 1. The van der Waals surface area contributed by atoms with Crippen LogP contribution in [0.3, 0.4) is 0 Å². The van der Waals surface area contributed by atoms with E-state index in [9.17, 15) is 4.79 Å². The Kier molecular flexibility index (Phi) is 5.58. The molecule has 0 saturated carbocycles. The summed E-state index contributed by atoms with van der Waals surface area (Å²) < 4.78 is 5.25. The molecule has 4 rings (SSSR count). The number of amides is 1. The Morgan fingerprint density at radius 3 is 2.50 bits per heavy atom. The Morgan fingerprint density at radius 1 is 0.929 bits per heavy atom. The molecular weight excluding hydrogens is 348 g/mol. The van der Waals surface area contributed by atoms with E-state index in [1.165, 1.54) is 16.3 Å². The Bertz CT molecular complexity index is 956. The highest BCUT2D eigenvalue weighted by atomic mass is 16.5. The van der Waals surface area contributed by atoms with E-state index in [-0.39, 0.29) is 5.91 Å². The van der Waals surface area contributed by atoms with E-state index in [4.69, 9.17) is 4.74 Å². The minimum absolute atomic E-state index is 0.193. The number of rotatable bonds is 5. The highest BCUT2D eigenvalue weighted by molar-refractivity contribution is 5.85. The Balaban J connectivity index is 1.34. The van der Waals surface area contributed by atoms with E-state index < -0.39 is 0 Å². The maximum atomic E-state index is 12.7. The van der Waals surface area contributed by atoms with Crippen LogP contribution in [0, 0.1) is 0 Å². The molecule has 1 amide bonds. The van der Waals surface area contributed by atoms with Gasteiger partial charge in [-0.1, -0.05) is 54.6 Å². The quantitative estimate of drug-likeness (QED) is 0.682. The van der Waals surface area contributed by atoms with Crippen molar-refractivity contribution in [2.75, 3.05) is 33.3 Å². The summed E-state index contributed by atoms with van der Waals surface area (Å²) in [6, 6.07) is 22.8. The minimum Gasteiger partial charge on any atom is -0.497 e. The number of hydrogen-bond acceptors (Lipinski definition) is 3. The van der Waals surface area contributed by atoms with Crippen molar-refractivity contribution in [1.82, 2.24) is 9.80 Å². The van der Waals surface area contributed by atoms with Crippen LogP contribution in [-0.4, -0.2) is 49.0 Å². The second-order valence-corrected chi connectivity index (χ2v) is 7.32. The molecule has 0 unspecified atom stereocenters. The van der Waals surface area contributed by atoms with E-state index in [1.54, 1.807) is 7.11 Å². The average Bonchev–Trinajstić information content (AvgIpc) is 2.74. The largest absolute Gasteiger partial charge is 0.497 e. The molecule has 0 aliphatic carbocycles. The summed E-state index contributed by atoms with van der Waals surface area (Å²) in [7, 11) is 1.65. The van der Waals surface area contributed by atoms with Crippen molar-refractivity contribution in [3.05, 3.63) is 77.9 Å². The van der Waals surface area contributed by atoms with E-state index >= 15 is 0 Å². The van der Waals surface area contributed by atoms with E-state index in [2.05, 4.69) is 47.4 Å². The van der Waals surface area contributed by atoms with Crippen LogP contribution in [0.1, 0.15) is 11.1 Å². The molecule has 4 nitrogen and oxygen atoms in total. The van der Waals surface area contributed by atoms with Crippen molar-refractivity contribution in [2.45, 2.75) is 13.0 Å². The molecule has 144 valence electrons.